The molecule has 0 aliphatic heterocycles. The topological polar surface area (TPSA) is 0 Å². The van der Waals surface area contributed by atoms with Gasteiger partial charge in [0.2, 0.25) is 0 Å². The van der Waals surface area contributed by atoms with E-state index in [0.717, 1.165) is 66.6 Å². The van der Waals surface area contributed by atoms with Crippen LogP contribution in [0.4, 0.5) is 17.6 Å². The monoisotopic (exact) mass is 1440 g/mol. The molecule has 504 valence electrons. The fraction of sp³-hybridized carbons (Fsp3) is 0.286. The van der Waals surface area contributed by atoms with Gasteiger partial charge in [-0.2, -0.15) is 0 Å². The lowest BCUT2D eigenvalue weighted by Gasteiger charge is -2.12. The molecule has 0 heterocycles. The minimum Gasteiger partial charge on any atom is -0.207 e. The van der Waals surface area contributed by atoms with Crippen LogP contribution < -0.4 is 0 Å². The minimum atomic E-state index is -1.41. The first-order valence-electron chi connectivity index (χ1n) is 31.7. The van der Waals surface area contributed by atoms with E-state index >= 15 is 0 Å². The average molecular weight is 1440 g/mol. The molecule has 10 aromatic carbocycles. The molecule has 0 nitrogen and oxygen atoms in total. The molecule has 1 atom stereocenters. The smallest absolute Gasteiger partial charge is 0.194 e. The Kier molecular flexibility index (Phi) is 44.3. The Balaban J connectivity index is 0.000000525. The SMILES string of the molecule is CCc1cc(C)ccc1CCC(C)CC.CCc1cccc(C)c1.Cc1cc(F)c(F)c(F)c1.Cc1ccc(Br)c(Cl)c1.Cc1ccc(C(C)C)cc1.Cc1ccc(Cl)cc1.Cc1ccc(Cl)cc1Cl.Cc1cccc(Cl)c1.Cc1cccc(F)c1.Cc1ccccc1C. The van der Waals surface area contributed by atoms with Crippen molar-refractivity contribution in [2.45, 2.75) is 156 Å². The van der Waals surface area contributed by atoms with Gasteiger partial charge in [-0.3, -0.25) is 0 Å². The van der Waals surface area contributed by atoms with E-state index in [1.807, 2.05) is 120 Å². The number of halogens is 10. The molecular formula is C84H98BrCl5F4. The van der Waals surface area contributed by atoms with Gasteiger partial charge in [-0.05, 0) is 264 Å². The number of benzene rings is 10. The van der Waals surface area contributed by atoms with Gasteiger partial charge in [0, 0.05) is 24.6 Å². The van der Waals surface area contributed by atoms with E-state index in [0.29, 0.717) is 16.5 Å². The summed E-state index contributed by atoms with van der Waals surface area (Å²) in [7, 11) is 0. The highest BCUT2D eigenvalue weighted by molar-refractivity contribution is 9.10. The first-order valence-corrected chi connectivity index (χ1v) is 34.4. The molecule has 0 N–H and O–H groups in total. The Labute approximate surface area is 597 Å². The van der Waals surface area contributed by atoms with Crippen molar-refractivity contribution in [2.75, 3.05) is 0 Å². The fourth-order valence-electron chi connectivity index (χ4n) is 8.07. The van der Waals surface area contributed by atoms with E-state index in [2.05, 4.69) is 183 Å². The molecule has 0 bridgehead atoms. The summed E-state index contributed by atoms with van der Waals surface area (Å²) in [5, 5.41) is 3.80. The summed E-state index contributed by atoms with van der Waals surface area (Å²) in [6, 6.07) is 67.8. The van der Waals surface area contributed by atoms with Crippen LogP contribution in [0.15, 0.2) is 217 Å². The van der Waals surface area contributed by atoms with Gasteiger partial charge in [0.15, 0.2) is 17.5 Å². The van der Waals surface area contributed by atoms with E-state index in [4.69, 9.17) is 58.0 Å². The van der Waals surface area contributed by atoms with Gasteiger partial charge in [-0.1, -0.05) is 268 Å². The van der Waals surface area contributed by atoms with Gasteiger partial charge in [0.1, 0.15) is 5.82 Å². The van der Waals surface area contributed by atoms with Crippen molar-refractivity contribution in [3.05, 3.63) is 349 Å². The lowest BCUT2D eigenvalue weighted by Crippen LogP contribution is -1.99. The predicted octanol–water partition coefficient (Wildman–Crippen LogP) is 29.1. The first-order chi connectivity index (χ1) is 44.4. The Bertz CT molecular complexity index is 3520. The van der Waals surface area contributed by atoms with E-state index < -0.39 is 17.5 Å². The summed E-state index contributed by atoms with van der Waals surface area (Å²) in [6.45, 7) is 35.5. The molecule has 94 heavy (non-hydrogen) atoms. The molecule has 0 spiro atoms. The van der Waals surface area contributed by atoms with Crippen LogP contribution >= 0.6 is 73.9 Å². The molecule has 0 saturated heterocycles. The number of rotatable bonds is 7. The van der Waals surface area contributed by atoms with Crippen molar-refractivity contribution in [1.29, 1.82) is 0 Å². The molecule has 0 fully saturated rings. The maximum absolute atomic E-state index is 12.2. The van der Waals surface area contributed by atoms with E-state index in [-0.39, 0.29) is 5.82 Å². The highest BCUT2D eigenvalue weighted by Crippen LogP contribution is 2.23. The van der Waals surface area contributed by atoms with E-state index in [1.54, 1.807) is 23.3 Å². The molecule has 0 aromatic heterocycles. The van der Waals surface area contributed by atoms with E-state index in [1.165, 1.54) is 94.0 Å². The maximum atomic E-state index is 12.2. The molecule has 0 saturated carbocycles. The molecule has 10 heteroatoms. The van der Waals surface area contributed by atoms with Crippen LogP contribution in [0.25, 0.3) is 0 Å². The van der Waals surface area contributed by atoms with Crippen LogP contribution in [0.5, 0.6) is 0 Å². The van der Waals surface area contributed by atoms with Gasteiger partial charge in [0.25, 0.3) is 0 Å². The lowest BCUT2D eigenvalue weighted by atomic mass is 9.94. The number of hydrogen-bond acceptors (Lipinski definition) is 0. The third-order valence-corrected chi connectivity index (χ3v) is 16.7. The summed E-state index contributed by atoms with van der Waals surface area (Å²) in [5.74, 6) is -2.35. The van der Waals surface area contributed by atoms with Crippen LogP contribution in [-0.4, -0.2) is 0 Å². The number of hydrogen-bond donors (Lipinski definition) is 0. The summed E-state index contributed by atoms with van der Waals surface area (Å²) in [4.78, 5) is 0. The van der Waals surface area contributed by atoms with Crippen LogP contribution in [0, 0.1) is 105 Å². The van der Waals surface area contributed by atoms with Crippen molar-refractivity contribution in [3.63, 3.8) is 0 Å². The first kappa shape index (κ1) is 85.9. The van der Waals surface area contributed by atoms with Crippen molar-refractivity contribution in [3.8, 4) is 0 Å². The second-order valence-corrected chi connectivity index (χ2v) is 26.4. The van der Waals surface area contributed by atoms with Crippen LogP contribution in [0.2, 0.25) is 25.1 Å². The zero-order valence-electron chi connectivity index (χ0n) is 58.2. The van der Waals surface area contributed by atoms with Gasteiger partial charge in [-0.25, -0.2) is 17.6 Å². The van der Waals surface area contributed by atoms with Crippen molar-refractivity contribution in [2.24, 2.45) is 5.92 Å². The van der Waals surface area contributed by atoms with Crippen molar-refractivity contribution >= 4 is 73.9 Å². The zero-order chi connectivity index (χ0) is 70.9. The van der Waals surface area contributed by atoms with Crippen molar-refractivity contribution in [1.82, 2.24) is 0 Å². The normalized spacial score (nSPS) is 10.1. The Morgan fingerprint density at radius 1 is 0.362 bits per heavy atom. The average Bonchev–Trinajstić information content (AvgIpc) is 2.32. The third kappa shape index (κ3) is 39.7. The standard InChI is InChI=1S/C15H24.C10H14.C9H12.C8H10.C7H6BrCl.C7H6Cl2.2C7H7Cl.C7H5F3.C7H7F/c1-5-12(3)7-9-15-10-8-13(4)11-14(15)6-2;1-8(2)10-6-4-9(3)5-7-10;1-3-9-6-4-5-8(2)7-9;1-7-5-3-4-6-8(7)2;1-5-2-3-6(8)7(9)4-5;1-5-2-3-6(8)4-7(5)9;1-6-2-4-7(8)5-3-6;1-6-3-2-4-7(8)5-6;1-4-2-5(8)7(10)6(9)3-4;1-6-3-2-4-7(8)5-6/h8,10-12H,5-7,9H2,1-4H3;4-8H,1-3H3;4-7H,3H2,1-2H3;3-6H,1-2H3;2*2-4H,1H3;2*2-5H,1H3;2-3H,1H3;2-5H,1H3. The molecule has 10 rings (SSSR count). The zero-order valence-corrected chi connectivity index (χ0v) is 63.5. The van der Waals surface area contributed by atoms with Gasteiger partial charge in [-0.15, -0.1) is 0 Å². The Morgan fingerprint density at radius 3 is 1.22 bits per heavy atom. The summed E-state index contributed by atoms with van der Waals surface area (Å²) >= 11 is 31.7. The molecular weight excluding hydrogens is 1340 g/mol. The predicted molar refractivity (Wildman–Crippen MR) is 410 cm³/mol. The Morgan fingerprint density at radius 2 is 0.830 bits per heavy atom. The lowest BCUT2D eigenvalue weighted by molar-refractivity contribution is 0.446. The van der Waals surface area contributed by atoms with Gasteiger partial charge in [0.05, 0.1) is 5.02 Å². The highest BCUT2D eigenvalue weighted by atomic mass is 79.9. The largest absolute Gasteiger partial charge is 0.207 e. The molecule has 0 aliphatic rings. The number of aryl methyl sites for hydroxylation is 14. The van der Waals surface area contributed by atoms with E-state index in [9.17, 15) is 17.6 Å². The second kappa shape index (κ2) is 48.5. The third-order valence-electron chi connectivity index (χ3n) is 14.3. The molecule has 0 aliphatic carbocycles. The van der Waals surface area contributed by atoms with Crippen LogP contribution in [-0.2, 0) is 19.3 Å². The van der Waals surface area contributed by atoms with Gasteiger partial charge >= 0.3 is 0 Å². The second-order valence-electron chi connectivity index (χ2n) is 23.4. The minimum absolute atomic E-state index is 0.162. The van der Waals surface area contributed by atoms with Crippen molar-refractivity contribution < 1.29 is 17.6 Å². The molecule has 0 amide bonds. The quantitative estimate of drug-likeness (QED) is 0.110. The summed E-state index contributed by atoms with van der Waals surface area (Å²) in [5.41, 5.74) is 18.8. The maximum Gasteiger partial charge on any atom is 0.194 e. The summed E-state index contributed by atoms with van der Waals surface area (Å²) in [6.07, 6.45) is 6.18. The fourth-order valence-corrected chi connectivity index (χ4v) is 9.34. The molecule has 0 radical (unpaired) electrons. The van der Waals surface area contributed by atoms with Crippen LogP contribution in [0.1, 0.15) is 144 Å². The Hall–Kier alpha value is -6.15. The summed E-state index contributed by atoms with van der Waals surface area (Å²) < 4.78 is 49.7. The van der Waals surface area contributed by atoms with Crippen LogP contribution in [0.3, 0.4) is 0 Å². The molecule has 10 aromatic rings. The highest BCUT2D eigenvalue weighted by Gasteiger charge is 2.08. The van der Waals surface area contributed by atoms with Gasteiger partial charge < -0.3 is 0 Å². The molecule has 1 unspecified atom stereocenters.